The van der Waals surface area contributed by atoms with E-state index in [4.69, 9.17) is 5.26 Å². The van der Waals surface area contributed by atoms with Crippen LogP contribution in [0.1, 0.15) is 15.9 Å². The first-order valence-electron chi connectivity index (χ1n) is 9.79. The molecule has 0 spiro atoms. The number of phenolic OH excluding ortho intramolecular Hbond substituents is 2. The predicted molar refractivity (Wildman–Crippen MR) is 120 cm³/mol. The van der Waals surface area contributed by atoms with Gasteiger partial charge in [-0.1, -0.05) is 18.2 Å². The fraction of sp³-hybridized carbons (Fsp3) is 0. The molecule has 0 aliphatic rings. The van der Waals surface area contributed by atoms with Gasteiger partial charge in [-0.3, -0.25) is 4.79 Å². The molecule has 4 aromatic rings. The van der Waals surface area contributed by atoms with E-state index in [-0.39, 0.29) is 28.2 Å². The fourth-order valence-electron chi connectivity index (χ4n) is 3.38. The molecule has 5 nitrogen and oxygen atoms in total. The normalized spacial score (nSPS) is 10.5. The van der Waals surface area contributed by atoms with Gasteiger partial charge in [-0.15, -0.1) is 0 Å². The van der Waals surface area contributed by atoms with Crippen molar-refractivity contribution in [2.75, 3.05) is 5.32 Å². The van der Waals surface area contributed by atoms with E-state index >= 15 is 0 Å². The van der Waals surface area contributed by atoms with Gasteiger partial charge in [-0.25, -0.2) is 8.78 Å². The quantitative estimate of drug-likeness (QED) is 0.347. The highest BCUT2D eigenvalue weighted by molar-refractivity contribution is 6.05. The van der Waals surface area contributed by atoms with Crippen molar-refractivity contribution in [2.24, 2.45) is 0 Å². The second-order valence-electron chi connectivity index (χ2n) is 7.24. The predicted octanol–water partition coefficient (Wildman–Crippen LogP) is 5.83. The molecule has 0 unspecified atom stereocenters. The average Bonchev–Trinajstić information content (AvgIpc) is 2.82. The molecule has 4 aromatic carbocycles. The number of benzene rings is 4. The van der Waals surface area contributed by atoms with Crippen molar-refractivity contribution in [3.63, 3.8) is 0 Å². The van der Waals surface area contributed by atoms with Gasteiger partial charge < -0.3 is 15.5 Å². The van der Waals surface area contributed by atoms with Gasteiger partial charge >= 0.3 is 0 Å². The summed E-state index contributed by atoms with van der Waals surface area (Å²) in [6.07, 6.45) is 0. The molecule has 4 rings (SSSR count). The number of aromatic hydroxyl groups is 2. The monoisotopic (exact) mass is 442 g/mol. The minimum Gasteiger partial charge on any atom is -0.507 e. The molecule has 162 valence electrons. The van der Waals surface area contributed by atoms with Crippen LogP contribution in [0.15, 0.2) is 78.9 Å². The number of hydrogen-bond donors (Lipinski definition) is 3. The number of carbonyl (C=O) groups excluding carboxylic acids is 1. The van der Waals surface area contributed by atoms with Crippen molar-refractivity contribution < 1.29 is 23.8 Å². The molecule has 0 fully saturated rings. The largest absolute Gasteiger partial charge is 0.507 e. The van der Waals surface area contributed by atoms with E-state index in [1.807, 2.05) is 6.07 Å². The van der Waals surface area contributed by atoms with Crippen LogP contribution in [0.25, 0.3) is 22.3 Å². The maximum absolute atomic E-state index is 13.6. The molecular weight excluding hydrogens is 426 g/mol. The number of amides is 1. The molecule has 0 bridgehead atoms. The summed E-state index contributed by atoms with van der Waals surface area (Å²) < 4.78 is 26.9. The number of halogens is 2. The first-order chi connectivity index (χ1) is 15.9. The van der Waals surface area contributed by atoms with Crippen molar-refractivity contribution in [1.82, 2.24) is 0 Å². The zero-order valence-electron chi connectivity index (χ0n) is 17.0. The molecule has 0 aliphatic heterocycles. The fourth-order valence-corrected chi connectivity index (χ4v) is 3.38. The van der Waals surface area contributed by atoms with Crippen LogP contribution in [0.3, 0.4) is 0 Å². The SMILES string of the molecule is N#Cc1cccc(-c2cc(NC(=O)c3ccc(O)c(-c4ccc(F)c(F)c4)c3)ccc2O)c1. The summed E-state index contributed by atoms with van der Waals surface area (Å²) >= 11 is 0. The standard InChI is InChI=1S/C26H16F2N2O3/c27-22-7-4-17(12-23(22)28)20-11-18(5-8-24(20)31)26(33)30-19-6-9-25(32)21(13-19)16-3-1-2-15(10-16)14-29/h1-13,31-32H,(H,30,33). The highest BCUT2D eigenvalue weighted by Gasteiger charge is 2.14. The van der Waals surface area contributed by atoms with E-state index in [2.05, 4.69) is 5.32 Å². The number of nitrogens with one attached hydrogen (secondary N) is 1. The summed E-state index contributed by atoms with van der Waals surface area (Å²) in [5.74, 6) is -2.81. The first kappa shape index (κ1) is 21.5. The zero-order chi connectivity index (χ0) is 23.5. The minimum atomic E-state index is -1.07. The maximum Gasteiger partial charge on any atom is 0.255 e. The molecule has 0 atom stereocenters. The Morgan fingerprint density at radius 1 is 0.788 bits per heavy atom. The van der Waals surface area contributed by atoms with Crippen molar-refractivity contribution >= 4 is 11.6 Å². The number of phenols is 2. The van der Waals surface area contributed by atoms with Crippen LogP contribution in [-0.4, -0.2) is 16.1 Å². The van der Waals surface area contributed by atoms with Gasteiger partial charge in [0.05, 0.1) is 11.6 Å². The smallest absolute Gasteiger partial charge is 0.255 e. The van der Waals surface area contributed by atoms with E-state index in [0.717, 1.165) is 12.1 Å². The second-order valence-corrected chi connectivity index (χ2v) is 7.24. The Morgan fingerprint density at radius 3 is 2.21 bits per heavy atom. The van der Waals surface area contributed by atoms with Crippen LogP contribution in [0.5, 0.6) is 11.5 Å². The molecule has 7 heteroatoms. The van der Waals surface area contributed by atoms with Crippen molar-refractivity contribution in [3.05, 3.63) is 102 Å². The van der Waals surface area contributed by atoms with Gasteiger partial charge in [0.1, 0.15) is 11.5 Å². The van der Waals surface area contributed by atoms with Crippen LogP contribution in [-0.2, 0) is 0 Å². The lowest BCUT2D eigenvalue weighted by molar-refractivity contribution is 0.102. The summed E-state index contributed by atoms with van der Waals surface area (Å²) in [6.45, 7) is 0. The highest BCUT2D eigenvalue weighted by Crippen LogP contribution is 2.33. The van der Waals surface area contributed by atoms with Crippen LogP contribution >= 0.6 is 0 Å². The third-order valence-electron chi connectivity index (χ3n) is 5.05. The zero-order valence-corrected chi connectivity index (χ0v) is 17.0. The Morgan fingerprint density at radius 2 is 1.48 bits per heavy atom. The molecule has 3 N–H and O–H groups in total. The Labute approximate surface area is 187 Å². The number of nitrogens with zero attached hydrogens (tertiary/aromatic N) is 1. The number of nitriles is 1. The first-order valence-corrected chi connectivity index (χ1v) is 9.79. The third kappa shape index (κ3) is 4.50. The molecule has 0 saturated carbocycles. The van der Waals surface area contributed by atoms with Crippen LogP contribution < -0.4 is 5.32 Å². The Bertz CT molecular complexity index is 1430. The summed E-state index contributed by atoms with van der Waals surface area (Å²) in [7, 11) is 0. The van der Waals surface area contributed by atoms with Crippen molar-refractivity contribution in [3.8, 4) is 39.8 Å². The number of rotatable bonds is 4. The van der Waals surface area contributed by atoms with Crippen molar-refractivity contribution in [2.45, 2.75) is 0 Å². The Kier molecular flexibility index (Phi) is 5.75. The van der Waals surface area contributed by atoms with Gasteiger partial charge in [0.25, 0.3) is 5.91 Å². The Hall–Kier alpha value is -4.70. The van der Waals surface area contributed by atoms with E-state index in [9.17, 15) is 23.8 Å². The van der Waals surface area contributed by atoms with Gasteiger partial charge in [-0.2, -0.15) is 5.26 Å². The molecule has 0 heterocycles. The summed E-state index contributed by atoms with van der Waals surface area (Å²) in [5, 5.41) is 32.2. The number of anilines is 1. The highest BCUT2D eigenvalue weighted by atomic mass is 19.2. The number of carbonyl (C=O) groups is 1. The topological polar surface area (TPSA) is 93.4 Å². The van der Waals surface area contributed by atoms with Crippen LogP contribution in [0.2, 0.25) is 0 Å². The van der Waals surface area contributed by atoms with Gasteiger partial charge in [0, 0.05) is 22.4 Å². The van der Waals surface area contributed by atoms with E-state index in [1.165, 1.54) is 36.4 Å². The summed E-state index contributed by atoms with van der Waals surface area (Å²) in [5.41, 5.74) is 2.40. The van der Waals surface area contributed by atoms with E-state index in [1.54, 1.807) is 30.3 Å². The Balaban J connectivity index is 1.64. The van der Waals surface area contributed by atoms with Gasteiger partial charge in [-0.05, 0) is 71.8 Å². The molecule has 0 aliphatic carbocycles. The molecule has 0 aromatic heterocycles. The van der Waals surface area contributed by atoms with Crippen LogP contribution in [0, 0.1) is 23.0 Å². The number of hydrogen-bond acceptors (Lipinski definition) is 4. The van der Waals surface area contributed by atoms with E-state index in [0.29, 0.717) is 22.4 Å². The lowest BCUT2D eigenvalue weighted by Gasteiger charge is -2.11. The van der Waals surface area contributed by atoms with Crippen LogP contribution in [0.4, 0.5) is 14.5 Å². The molecule has 0 saturated heterocycles. The average molecular weight is 442 g/mol. The lowest BCUT2D eigenvalue weighted by atomic mass is 10.0. The molecule has 0 radical (unpaired) electrons. The maximum atomic E-state index is 13.6. The molecular formula is C26H16F2N2O3. The lowest BCUT2D eigenvalue weighted by Crippen LogP contribution is -2.12. The third-order valence-corrected chi connectivity index (χ3v) is 5.05. The molecule has 33 heavy (non-hydrogen) atoms. The van der Waals surface area contributed by atoms with Gasteiger partial charge in [0.2, 0.25) is 0 Å². The second kappa shape index (κ2) is 8.81. The minimum absolute atomic E-state index is 0.0201. The molecule has 1 amide bonds. The van der Waals surface area contributed by atoms with Gasteiger partial charge in [0.15, 0.2) is 11.6 Å². The van der Waals surface area contributed by atoms with E-state index < -0.39 is 17.5 Å². The summed E-state index contributed by atoms with van der Waals surface area (Å²) in [4.78, 5) is 12.8. The van der Waals surface area contributed by atoms with Crippen molar-refractivity contribution in [1.29, 1.82) is 5.26 Å². The summed E-state index contributed by atoms with van der Waals surface area (Å²) in [6, 6.07) is 20.5.